The van der Waals surface area contributed by atoms with E-state index in [0.29, 0.717) is 12.1 Å². The van der Waals surface area contributed by atoms with Crippen LogP contribution in [0.15, 0.2) is 17.4 Å². The summed E-state index contributed by atoms with van der Waals surface area (Å²) in [4.78, 5) is 21.9. The molecule has 1 aliphatic rings. The molecule has 0 aliphatic carbocycles. The van der Waals surface area contributed by atoms with E-state index in [4.69, 9.17) is 9.84 Å². The van der Waals surface area contributed by atoms with Crippen LogP contribution < -0.4 is 5.56 Å². The zero-order valence-corrected chi connectivity index (χ0v) is 9.35. The molecular weight excluding hydrogens is 240 g/mol. The number of hydrogen-bond acceptors (Lipinski definition) is 6. The number of rotatable bonds is 2. The van der Waals surface area contributed by atoms with Crippen molar-refractivity contribution in [1.82, 2.24) is 19.5 Å². The van der Waals surface area contributed by atoms with E-state index in [2.05, 4.69) is 15.0 Å². The Balaban J connectivity index is 2.01. The topological polar surface area (TPSA) is 113 Å². The van der Waals surface area contributed by atoms with Gasteiger partial charge in [0.1, 0.15) is 12.3 Å². The third-order valence-corrected chi connectivity index (χ3v) is 3.06. The molecular formula is C10H12N4O4. The van der Waals surface area contributed by atoms with E-state index in [1.54, 1.807) is 4.57 Å². The van der Waals surface area contributed by atoms with Crippen molar-refractivity contribution in [2.24, 2.45) is 0 Å². The highest BCUT2D eigenvalue weighted by Crippen LogP contribution is 2.29. The Morgan fingerprint density at radius 1 is 1.56 bits per heavy atom. The number of hydrogen-bond donors (Lipinski definition) is 3. The van der Waals surface area contributed by atoms with Gasteiger partial charge in [-0.2, -0.15) is 0 Å². The Morgan fingerprint density at radius 3 is 3.11 bits per heavy atom. The SMILES string of the molecule is O=c1[nH]cnc2c1ncn2[C@H]1C[C@H](O)[C@H](CO)O1. The number of aliphatic hydroxyl groups excluding tert-OH is 2. The lowest BCUT2D eigenvalue weighted by molar-refractivity contribution is -0.0432. The van der Waals surface area contributed by atoms with Gasteiger partial charge in [0.15, 0.2) is 11.2 Å². The number of aromatic amines is 1. The van der Waals surface area contributed by atoms with Gasteiger partial charge in [0, 0.05) is 6.42 Å². The number of ether oxygens (including phenoxy) is 1. The van der Waals surface area contributed by atoms with E-state index in [1.165, 1.54) is 12.7 Å². The molecule has 1 aliphatic heterocycles. The van der Waals surface area contributed by atoms with Gasteiger partial charge in [0.25, 0.3) is 5.56 Å². The van der Waals surface area contributed by atoms with E-state index in [-0.39, 0.29) is 17.7 Å². The van der Waals surface area contributed by atoms with E-state index in [1.807, 2.05) is 0 Å². The van der Waals surface area contributed by atoms with Gasteiger partial charge < -0.3 is 19.9 Å². The zero-order valence-electron chi connectivity index (χ0n) is 9.35. The summed E-state index contributed by atoms with van der Waals surface area (Å²) in [7, 11) is 0. The van der Waals surface area contributed by atoms with Gasteiger partial charge in [-0.15, -0.1) is 0 Å². The van der Waals surface area contributed by atoms with Gasteiger partial charge in [0.05, 0.1) is 25.4 Å². The minimum atomic E-state index is -0.737. The lowest BCUT2D eigenvalue weighted by atomic mass is 10.2. The predicted molar refractivity (Wildman–Crippen MR) is 59.8 cm³/mol. The van der Waals surface area contributed by atoms with E-state index < -0.39 is 18.4 Å². The van der Waals surface area contributed by atoms with Crippen molar-refractivity contribution in [1.29, 1.82) is 0 Å². The van der Waals surface area contributed by atoms with Crippen LogP contribution in [0.25, 0.3) is 11.2 Å². The molecule has 3 N–H and O–H groups in total. The number of H-pyrrole nitrogens is 1. The Bertz CT molecular complexity index is 622. The molecule has 3 heterocycles. The number of aliphatic hydroxyl groups is 2. The van der Waals surface area contributed by atoms with E-state index in [9.17, 15) is 9.90 Å². The second kappa shape index (κ2) is 4.16. The van der Waals surface area contributed by atoms with E-state index >= 15 is 0 Å². The van der Waals surface area contributed by atoms with Crippen LogP contribution in [0.5, 0.6) is 0 Å². The lowest BCUT2D eigenvalue weighted by Gasteiger charge is -2.13. The summed E-state index contributed by atoms with van der Waals surface area (Å²) in [5.74, 6) is 0. The van der Waals surface area contributed by atoms with Crippen molar-refractivity contribution in [3.63, 3.8) is 0 Å². The third-order valence-electron chi connectivity index (χ3n) is 3.06. The molecule has 0 unspecified atom stereocenters. The molecule has 0 amide bonds. The van der Waals surface area contributed by atoms with Crippen LogP contribution in [0.1, 0.15) is 12.6 Å². The average molecular weight is 252 g/mol. The van der Waals surface area contributed by atoms with Gasteiger partial charge in [-0.05, 0) is 0 Å². The fraction of sp³-hybridized carbons (Fsp3) is 0.500. The van der Waals surface area contributed by atoms with Crippen molar-refractivity contribution in [2.75, 3.05) is 6.61 Å². The molecule has 96 valence electrons. The molecule has 18 heavy (non-hydrogen) atoms. The standard InChI is InChI=1S/C10H12N4O4/c15-2-6-5(16)1-7(18-6)14-4-13-8-9(14)11-3-12-10(8)17/h3-7,15-16H,1-2H2,(H,11,12,17)/t5-,6-,7+/m0/s1. The molecule has 0 spiro atoms. The fourth-order valence-corrected chi connectivity index (χ4v) is 2.12. The summed E-state index contributed by atoms with van der Waals surface area (Å²) in [5.41, 5.74) is 0.300. The van der Waals surface area contributed by atoms with Crippen molar-refractivity contribution in [2.45, 2.75) is 24.9 Å². The van der Waals surface area contributed by atoms with Gasteiger partial charge >= 0.3 is 0 Å². The largest absolute Gasteiger partial charge is 0.394 e. The van der Waals surface area contributed by atoms with Crippen LogP contribution in [0.4, 0.5) is 0 Å². The molecule has 0 bridgehead atoms. The maximum Gasteiger partial charge on any atom is 0.278 e. The lowest BCUT2D eigenvalue weighted by Crippen LogP contribution is -2.24. The Kier molecular flexibility index (Phi) is 2.62. The number of nitrogens with zero attached hydrogens (tertiary/aromatic N) is 3. The first kappa shape index (κ1) is 11.3. The first-order chi connectivity index (χ1) is 8.70. The smallest absolute Gasteiger partial charge is 0.278 e. The minimum absolute atomic E-state index is 0.225. The third kappa shape index (κ3) is 1.62. The number of fused-ring (bicyclic) bond motifs is 1. The molecule has 1 fully saturated rings. The first-order valence-corrected chi connectivity index (χ1v) is 5.55. The van der Waals surface area contributed by atoms with Crippen LogP contribution in [-0.4, -0.2) is 48.5 Å². The molecule has 2 aromatic rings. The Morgan fingerprint density at radius 2 is 2.39 bits per heavy atom. The maximum absolute atomic E-state index is 11.5. The molecule has 8 nitrogen and oxygen atoms in total. The van der Waals surface area contributed by atoms with Crippen LogP contribution in [0.2, 0.25) is 0 Å². The van der Waals surface area contributed by atoms with Crippen LogP contribution >= 0.6 is 0 Å². The highest BCUT2D eigenvalue weighted by molar-refractivity contribution is 5.68. The maximum atomic E-state index is 11.5. The van der Waals surface area contributed by atoms with Gasteiger partial charge in [-0.3, -0.25) is 9.36 Å². The van der Waals surface area contributed by atoms with Crippen molar-refractivity contribution < 1.29 is 14.9 Å². The Hall–Kier alpha value is -1.77. The molecule has 1 saturated heterocycles. The number of nitrogens with one attached hydrogen (secondary N) is 1. The quantitative estimate of drug-likeness (QED) is 0.616. The van der Waals surface area contributed by atoms with Crippen molar-refractivity contribution in [3.8, 4) is 0 Å². The average Bonchev–Trinajstić information content (AvgIpc) is 2.93. The van der Waals surface area contributed by atoms with Crippen LogP contribution in [-0.2, 0) is 4.74 Å². The molecule has 8 heteroatoms. The zero-order chi connectivity index (χ0) is 12.7. The summed E-state index contributed by atoms with van der Waals surface area (Å²) >= 11 is 0. The molecule has 3 atom stereocenters. The van der Waals surface area contributed by atoms with Crippen LogP contribution in [0, 0.1) is 0 Å². The van der Waals surface area contributed by atoms with Crippen molar-refractivity contribution >= 4 is 11.2 Å². The highest BCUT2D eigenvalue weighted by atomic mass is 16.5. The second-order valence-corrected chi connectivity index (χ2v) is 4.17. The number of imidazole rings is 1. The summed E-state index contributed by atoms with van der Waals surface area (Å²) in [6, 6.07) is 0. The Labute approximate surface area is 101 Å². The van der Waals surface area contributed by atoms with E-state index in [0.717, 1.165) is 0 Å². The molecule has 0 aromatic carbocycles. The van der Waals surface area contributed by atoms with Gasteiger partial charge in [-0.25, -0.2) is 9.97 Å². The summed E-state index contributed by atoms with van der Waals surface area (Å²) in [6.07, 6.45) is 1.23. The molecule has 0 saturated carbocycles. The minimum Gasteiger partial charge on any atom is -0.394 e. The van der Waals surface area contributed by atoms with Gasteiger partial charge in [0.2, 0.25) is 0 Å². The van der Waals surface area contributed by atoms with Gasteiger partial charge in [-0.1, -0.05) is 0 Å². The summed E-state index contributed by atoms with van der Waals surface area (Å²) in [5, 5.41) is 18.7. The summed E-state index contributed by atoms with van der Waals surface area (Å²) in [6.45, 7) is -0.252. The predicted octanol–water partition coefficient (Wildman–Crippen LogP) is -1.24. The monoisotopic (exact) mass is 252 g/mol. The molecule has 0 radical (unpaired) electrons. The molecule has 3 rings (SSSR count). The fourth-order valence-electron chi connectivity index (χ4n) is 2.12. The van der Waals surface area contributed by atoms with Crippen molar-refractivity contribution in [3.05, 3.63) is 23.0 Å². The normalized spacial score (nSPS) is 28.0. The highest BCUT2D eigenvalue weighted by Gasteiger charge is 2.35. The van der Waals surface area contributed by atoms with Crippen LogP contribution in [0.3, 0.4) is 0 Å². The number of aromatic nitrogens is 4. The summed E-state index contributed by atoms with van der Waals surface area (Å²) < 4.78 is 7.07. The first-order valence-electron chi connectivity index (χ1n) is 5.55. The molecule has 2 aromatic heterocycles. The second-order valence-electron chi connectivity index (χ2n) is 4.17.